The fourth-order valence-electron chi connectivity index (χ4n) is 3.08. The topological polar surface area (TPSA) is 104 Å². The van der Waals surface area contributed by atoms with E-state index in [4.69, 9.17) is 0 Å². The van der Waals surface area contributed by atoms with Crippen molar-refractivity contribution in [2.45, 2.75) is 6.54 Å². The molecule has 0 aliphatic carbocycles. The van der Waals surface area contributed by atoms with Gasteiger partial charge in [0.05, 0.1) is 18.1 Å². The number of pyridine rings is 1. The molecule has 1 aromatic carbocycles. The van der Waals surface area contributed by atoms with Gasteiger partial charge in [0.2, 0.25) is 0 Å². The Hall–Kier alpha value is -4.01. The van der Waals surface area contributed by atoms with Crippen LogP contribution in [0.5, 0.6) is 0 Å². The van der Waals surface area contributed by atoms with E-state index >= 15 is 0 Å². The van der Waals surface area contributed by atoms with E-state index in [-0.39, 0.29) is 16.7 Å². The average Bonchev–Trinajstić information content (AvgIpc) is 3.17. The second-order valence-corrected chi connectivity index (χ2v) is 6.59. The molecule has 146 valence electrons. The molecule has 4 aromatic rings. The minimum Gasteiger partial charge on any atom is -0.305 e. The van der Waals surface area contributed by atoms with Crippen LogP contribution in [0.4, 0.5) is 5.82 Å². The Morgan fingerprint density at radius 3 is 2.52 bits per heavy atom. The van der Waals surface area contributed by atoms with E-state index in [0.29, 0.717) is 12.4 Å². The molecular formula is C20H18N6O3. The molecule has 0 aliphatic heterocycles. The van der Waals surface area contributed by atoms with Crippen molar-refractivity contribution >= 4 is 22.8 Å². The maximum atomic E-state index is 12.7. The molecule has 0 bridgehead atoms. The number of amides is 1. The van der Waals surface area contributed by atoms with Crippen molar-refractivity contribution in [2.24, 2.45) is 14.1 Å². The van der Waals surface area contributed by atoms with E-state index in [1.54, 1.807) is 16.9 Å². The highest BCUT2D eigenvalue weighted by Crippen LogP contribution is 2.13. The number of aryl methyl sites for hydroxylation is 1. The molecule has 0 fully saturated rings. The average molecular weight is 390 g/mol. The van der Waals surface area contributed by atoms with Crippen LogP contribution in [0.25, 0.3) is 11.0 Å². The van der Waals surface area contributed by atoms with Gasteiger partial charge >= 0.3 is 5.69 Å². The monoisotopic (exact) mass is 390 g/mol. The van der Waals surface area contributed by atoms with Gasteiger partial charge in [0.1, 0.15) is 17.2 Å². The number of hydrogen-bond donors (Lipinski definition) is 1. The number of aromatic nitrogens is 5. The van der Waals surface area contributed by atoms with Gasteiger partial charge in [-0.25, -0.2) is 14.5 Å². The second-order valence-electron chi connectivity index (χ2n) is 6.59. The number of hydrogen-bond acceptors (Lipinski definition) is 5. The fourth-order valence-corrected chi connectivity index (χ4v) is 3.08. The smallest absolute Gasteiger partial charge is 0.305 e. The maximum absolute atomic E-state index is 12.7. The predicted octanol–water partition coefficient (Wildman–Crippen LogP) is 1.13. The third kappa shape index (κ3) is 3.33. The quantitative estimate of drug-likeness (QED) is 0.563. The summed E-state index contributed by atoms with van der Waals surface area (Å²) in [5.74, 6) is 0.0495. The Kier molecular flexibility index (Phi) is 4.55. The lowest BCUT2D eigenvalue weighted by atomic mass is 10.2. The first-order valence-electron chi connectivity index (χ1n) is 8.89. The highest BCUT2D eigenvalue weighted by atomic mass is 16.2. The van der Waals surface area contributed by atoms with Gasteiger partial charge in [0, 0.05) is 20.2 Å². The minimum absolute atomic E-state index is 0.0909. The molecule has 0 spiro atoms. The van der Waals surface area contributed by atoms with Crippen LogP contribution in [0.3, 0.4) is 0 Å². The van der Waals surface area contributed by atoms with Gasteiger partial charge in [-0.05, 0) is 17.7 Å². The first-order valence-corrected chi connectivity index (χ1v) is 8.89. The maximum Gasteiger partial charge on any atom is 0.332 e. The van der Waals surface area contributed by atoms with Crippen molar-refractivity contribution < 1.29 is 4.79 Å². The number of nitrogens with zero attached hydrogens (tertiary/aromatic N) is 5. The highest BCUT2D eigenvalue weighted by molar-refractivity contribution is 6.03. The first-order chi connectivity index (χ1) is 14.0. The van der Waals surface area contributed by atoms with Gasteiger partial charge in [-0.3, -0.25) is 18.7 Å². The third-order valence-electron chi connectivity index (χ3n) is 4.67. The number of nitrogens with one attached hydrogen (secondary N) is 1. The molecule has 0 aliphatic rings. The molecule has 0 saturated heterocycles. The van der Waals surface area contributed by atoms with Crippen molar-refractivity contribution in [3.05, 3.63) is 86.8 Å². The Morgan fingerprint density at radius 1 is 1.00 bits per heavy atom. The molecule has 0 saturated carbocycles. The molecule has 29 heavy (non-hydrogen) atoms. The van der Waals surface area contributed by atoms with Crippen molar-refractivity contribution in [1.82, 2.24) is 23.9 Å². The Balaban J connectivity index is 1.65. The standard InChI is InChI=1S/C20H18N6O3/c1-24-17-14(19(28)25(2)20(24)29)8-9-15(22-17)18(27)23-16-10-11-21-26(16)12-13-6-4-3-5-7-13/h3-11H,12H2,1-2H3,(H,23,27). The van der Waals surface area contributed by atoms with Gasteiger partial charge in [-0.1, -0.05) is 30.3 Å². The SMILES string of the molecule is Cn1c(=O)c2ccc(C(=O)Nc3ccnn3Cc3ccccc3)nc2n(C)c1=O. The molecular weight excluding hydrogens is 372 g/mol. The molecule has 4 rings (SSSR count). The van der Waals surface area contributed by atoms with Crippen LogP contribution in [0.1, 0.15) is 16.1 Å². The number of carbonyl (C=O) groups is 1. The summed E-state index contributed by atoms with van der Waals surface area (Å²) in [6.45, 7) is 0.499. The number of anilines is 1. The fraction of sp³-hybridized carbons (Fsp3) is 0.150. The van der Waals surface area contributed by atoms with Crippen molar-refractivity contribution in [1.29, 1.82) is 0 Å². The molecule has 1 N–H and O–H groups in total. The minimum atomic E-state index is -0.506. The van der Waals surface area contributed by atoms with Gasteiger partial charge in [-0.2, -0.15) is 5.10 Å². The molecule has 3 heterocycles. The summed E-state index contributed by atoms with van der Waals surface area (Å²) >= 11 is 0. The van der Waals surface area contributed by atoms with Crippen LogP contribution in [-0.2, 0) is 20.6 Å². The van der Waals surface area contributed by atoms with Crippen LogP contribution in [-0.4, -0.2) is 29.8 Å². The lowest BCUT2D eigenvalue weighted by Gasteiger charge is -2.10. The number of fused-ring (bicyclic) bond motifs is 1. The Bertz CT molecular complexity index is 1330. The zero-order valence-corrected chi connectivity index (χ0v) is 15.9. The van der Waals surface area contributed by atoms with E-state index in [1.807, 2.05) is 30.3 Å². The molecule has 0 radical (unpaired) electrons. The van der Waals surface area contributed by atoms with E-state index in [1.165, 1.54) is 30.8 Å². The van der Waals surface area contributed by atoms with Crippen molar-refractivity contribution in [2.75, 3.05) is 5.32 Å². The number of benzene rings is 1. The summed E-state index contributed by atoms with van der Waals surface area (Å²) in [6, 6.07) is 14.4. The zero-order valence-electron chi connectivity index (χ0n) is 15.9. The van der Waals surface area contributed by atoms with Crippen molar-refractivity contribution in [3.63, 3.8) is 0 Å². The first kappa shape index (κ1) is 18.4. The van der Waals surface area contributed by atoms with Gasteiger partial charge in [0.15, 0.2) is 0 Å². The molecule has 9 heteroatoms. The summed E-state index contributed by atoms with van der Waals surface area (Å²) in [7, 11) is 2.91. The van der Waals surface area contributed by atoms with Crippen LogP contribution in [0.15, 0.2) is 64.3 Å². The van der Waals surface area contributed by atoms with E-state index in [0.717, 1.165) is 10.1 Å². The Morgan fingerprint density at radius 2 is 1.76 bits per heavy atom. The van der Waals surface area contributed by atoms with E-state index in [2.05, 4.69) is 15.4 Å². The summed E-state index contributed by atoms with van der Waals surface area (Å²) < 4.78 is 3.92. The molecule has 0 atom stereocenters. The van der Waals surface area contributed by atoms with Crippen LogP contribution >= 0.6 is 0 Å². The van der Waals surface area contributed by atoms with Crippen LogP contribution in [0, 0.1) is 0 Å². The lowest BCUT2D eigenvalue weighted by molar-refractivity contribution is 0.102. The lowest BCUT2D eigenvalue weighted by Crippen LogP contribution is -2.37. The second kappa shape index (κ2) is 7.19. The largest absolute Gasteiger partial charge is 0.332 e. The number of carbonyl (C=O) groups excluding carboxylic acids is 1. The summed E-state index contributed by atoms with van der Waals surface area (Å²) in [5, 5.41) is 7.29. The third-order valence-corrected chi connectivity index (χ3v) is 4.67. The molecule has 0 unspecified atom stereocenters. The highest BCUT2D eigenvalue weighted by Gasteiger charge is 2.15. The number of rotatable bonds is 4. The van der Waals surface area contributed by atoms with Gasteiger partial charge in [-0.15, -0.1) is 0 Å². The Labute approximate surface area is 164 Å². The van der Waals surface area contributed by atoms with Crippen LogP contribution < -0.4 is 16.6 Å². The predicted molar refractivity (Wildman–Crippen MR) is 108 cm³/mol. The normalized spacial score (nSPS) is 11.0. The van der Waals surface area contributed by atoms with E-state index < -0.39 is 17.2 Å². The summed E-state index contributed by atoms with van der Waals surface area (Å²) in [4.78, 5) is 41.3. The molecule has 9 nitrogen and oxygen atoms in total. The van der Waals surface area contributed by atoms with Crippen LogP contribution in [0.2, 0.25) is 0 Å². The van der Waals surface area contributed by atoms with Crippen molar-refractivity contribution in [3.8, 4) is 0 Å². The van der Waals surface area contributed by atoms with Gasteiger partial charge in [0.25, 0.3) is 11.5 Å². The zero-order chi connectivity index (χ0) is 20.5. The van der Waals surface area contributed by atoms with Gasteiger partial charge < -0.3 is 5.32 Å². The summed E-state index contributed by atoms with van der Waals surface area (Å²) in [6.07, 6.45) is 1.60. The molecule has 1 amide bonds. The molecule has 3 aromatic heterocycles. The van der Waals surface area contributed by atoms with E-state index in [9.17, 15) is 14.4 Å². The summed E-state index contributed by atoms with van der Waals surface area (Å²) in [5.41, 5.74) is 0.329.